The van der Waals surface area contributed by atoms with Crippen molar-refractivity contribution in [2.24, 2.45) is 0 Å². The number of nitrogens with zero attached hydrogens (tertiary/aromatic N) is 3. The molecule has 1 amide bonds. The summed E-state index contributed by atoms with van der Waals surface area (Å²) in [5, 5.41) is 15.3. The summed E-state index contributed by atoms with van der Waals surface area (Å²) in [6.07, 6.45) is 1.44. The highest BCUT2D eigenvalue weighted by Gasteiger charge is 2.17. The van der Waals surface area contributed by atoms with Gasteiger partial charge in [-0.3, -0.25) is 14.9 Å². The molecule has 0 bridgehead atoms. The van der Waals surface area contributed by atoms with Crippen LogP contribution in [0, 0.1) is 10.1 Å². The molecule has 0 atom stereocenters. The highest BCUT2D eigenvalue weighted by Crippen LogP contribution is 2.28. The fourth-order valence-corrected chi connectivity index (χ4v) is 3.13. The van der Waals surface area contributed by atoms with E-state index in [1.54, 1.807) is 0 Å². The van der Waals surface area contributed by atoms with Crippen LogP contribution in [0.2, 0.25) is 5.02 Å². The molecule has 1 heterocycles. The second-order valence-corrected chi connectivity index (χ2v) is 6.35. The average molecular weight is 375 g/mol. The Kier molecular flexibility index (Phi) is 5.11. The zero-order valence-corrected chi connectivity index (χ0v) is 14.3. The molecule has 0 saturated heterocycles. The number of nitro benzene ring substituents is 1. The van der Waals surface area contributed by atoms with Crippen LogP contribution in [0.1, 0.15) is 0 Å². The molecule has 1 aromatic heterocycles. The molecule has 0 aliphatic carbocycles. The van der Waals surface area contributed by atoms with Crippen molar-refractivity contribution in [1.82, 2.24) is 9.97 Å². The van der Waals surface area contributed by atoms with E-state index in [-0.39, 0.29) is 28.1 Å². The average Bonchev–Trinajstić information content (AvgIpc) is 2.61. The van der Waals surface area contributed by atoms with Crippen LogP contribution in [0.5, 0.6) is 0 Å². The zero-order valence-electron chi connectivity index (χ0n) is 12.7. The van der Waals surface area contributed by atoms with Gasteiger partial charge in [-0.25, -0.2) is 9.97 Å². The van der Waals surface area contributed by atoms with E-state index in [9.17, 15) is 14.9 Å². The highest BCUT2D eigenvalue weighted by molar-refractivity contribution is 8.00. The van der Waals surface area contributed by atoms with Gasteiger partial charge in [0.2, 0.25) is 5.91 Å². The van der Waals surface area contributed by atoms with Gasteiger partial charge in [-0.2, -0.15) is 0 Å². The molecule has 0 unspecified atom stereocenters. The van der Waals surface area contributed by atoms with E-state index in [2.05, 4.69) is 15.3 Å². The van der Waals surface area contributed by atoms with E-state index in [0.717, 1.165) is 10.9 Å². The van der Waals surface area contributed by atoms with Crippen molar-refractivity contribution >= 4 is 51.5 Å². The molecule has 9 heteroatoms. The van der Waals surface area contributed by atoms with Gasteiger partial charge in [0.05, 0.1) is 16.2 Å². The molecule has 126 valence electrons. The third-order valence-electron chi connectivity index (χ3n) is 3.28. The second-order valence-electron chi connectivity index (χ2n) is 4.95. The van der Waals surface area contributed by atoms with Crippen LogP contribution in [0.4, 0.5) is 11.4 Å². The lowest BCUT2D eigenvalue weighted by Crippen LogP contribution is -2.15. The summed E-state index contributed by atoms with van der Waals surface area (Å²) in [5.41, 5.74) is 0.639. The lowest BCUT2D eigenvalue weighted by molar-refractivity contribution is -0.383. The number of carbonyl (C=O) groups excluding carboxylic acids is 1. The Hall–Kier alpha value is -2.71. The molecule has 0 saturated carbocycles. The van der Waals surface area contributed by atoms with Gasteiger partial charge in [0.1, 0.15) is 17.0 Å². The molecule has 7 nitrogen and oxygen atoms in total. The number of nitrogens with one attached hydrogen (secondary N) is 1. The monoisotopic (exact) mass is 374 g/mol. The maximum Gasteiger partial charge on any atom is 0.294 e. The quantitative estimate of drug-likeness (QED) is 0.314. The minimum absolute atomic E-state index is 0.0563. The lowest BCUT2D eigenvalue weighted by Gasteiger charge is -2.07. The van der Waals surface area contributed by atoms with Crippen LogP contribution in [-0.4, -0.2) is 26.6 Å². The first-order chi connectivity index (χ1) is 12.0. The number of para-hydroxylation sites is 1. The van der Waals surface area contributed by atoms with Crippen molar-refractivity contribution in [3.05, 3.63) is 63.9 Å². The Morgan fingerprint density at radius 1 is 1.24 bits per heavy atom. The maximum absolute atomic E-state index is 12.2. The van der Waals surface area contributed by atoms with E-state index in [1.807, 2.05) is 24.3 Å². The Morgan fingerprint density at radius 3 is 2.84 bits per heavy atom. The van der Waals surface area contributed by atoms with Crippen LogP contribution in [-0.2, 0) is 4.79 Å². The van der Waals surface area contributed by atoms with E-state index in [1.165, 1.54) is 36.3 Å². The van der Waals surface area contributed by atoms with Crippen LogP contribution in [0.15, 0.2) is 53.8 Å². The predicted molar refractivity (Wildman–Crippen MR) is 97.0 cm³/mol. The van der Waals surface area contributed by atoms with Crippen LogP contribution in [0.3, 0.4) is 0 Å². The van der Waals surface area contributed by atoms with Crippen molar-refractivity contribution < 1.29 is 9.72 Å². The molecule has 25 heavy (non-hydrogen) atoms. The summed E-state index contributed by atoms with van der Waals surface area (Å²) >= 11 is 6.99. The summed E-state index contributed by atoms with van der Waals surface area (Å²) in [6.45, 7) is 0. The van der Waals surface area contributed by atoms with Crippen molar-refractivity contribution in [3.8, 4) is 0 Å². The number of anilines is 1. The first-order valence-corrected chi connectivity index (χ1v) is 8.47. The molecule has 0 aliphatic heterocycles. The lowest BCUT2D eigenvalue weighted by atomic mass is 10.2. The van der Waals surface area contributed by atoms with Crippen LogP contribution in [0.25, 0.3) is 10.9 Å². The largest absolute Gasteiger partial charge is 0.320 e. The van der Waals surface area contributed by atoms with Gasteiger partial charge < -0.3 is 5.32 Å². The first-order valence-electron chi connectivity index (χ1n) is 7.11. The molecule has 0 aliphatic rings. The summed E-state index contributed by atoms with van der Waals surface area (Å²) in [4.78, 5) is 31.0. The maximum atomic E-state index is 12.2. The third-order valence-corrected chi connectivity index (χ3v) is 4.52. The molecule has 0 spiro atoms. The standard InChI is InChI=1S/C16H11ClN4O3S/c17-10-5-6-13(14(7-10)21(23)24)20-15(22)8-25-16-11-3-1-2-4-12(11)18-9-19-16/h1-7,9H,8H2,(H,20,22). The molecule has 1 N–H and O–H groups in total. The first kappa shape index (κ1) is 17.1. The number of halogens is 1. The van der Waals surface area contributed by atoms with Crippen molar-refractivity contribution in [3.63, 3.8) is 0 Å². The number of nitro groups is 1. The Labute approximate surface area is 151 Å². The van der Waals surface area contributed by atoms with Gasteiger partial charge >= 0.3 is 0 Å². The smallest absolute Gasteiger partial charge is 0.294 e. The minimum Gasteiger partial charge on any atom is -0.320 e. The van der Waals surface area contributed by atoms with Crippen LogP contribution < -0.4 is 5.32 Å². The number of rotatable bonds is 5. The number of hydrogen-bond acceptors (Lipinski definition) is 6. The molecule has 3 rings (SSSR count). The second kappa shape index (κ2) is 7.45. The normalized spacial score (nSPS) is 10.6. The minimum atomic E-state index is -0.591. The van der Waals surface area contributed by atoms with Gasteiger partial charge in [0.15, 0.2) is 0 Å². The molecule has 3 aromatic rings. The molecule has 0 fully saturated rings. The van der Waals surface area contributed by atoms with Crippen LogP contribution >= 0.6 is 23.4 Å². The number of fused-ring (bicyclic) bond motifs is 1. The third kappa shape index (κ3) is 4.04. The summed E-state index contributed by atoms with van der Waals surface area (Å²) in [5.74, 6) is -0.320. The number of hydrogen-bond donors (Lipinski definition) is 1. The summed E-state index contributed by atoms with van der Waals surface area (Å²) < 4.78 is 0. The molecular weight excluding hydrogens is 364 g/mol. The van der Waals surface area contributed by atoms with Crippen molar-refractivity contribution in [2.45, 2.75) is 5.03 Å². The SMILES string of the molecule is O=C(CSc1ncnc2ccccc12)Nc1ccc(Cl)cc1[N+](=O)[O-]. The fraction of sp³-hybridized carbons (Fsp3) is 0.0625. The summed E-state index contributed by atoms with van der Waals surface area (Å²) in [6, 6.07) is 11.6. The number of aromatic nitrogens is 2. The van der Waals surface area contributed by atoms with Gasteiger partial charge in [-0.1, -0.05) is 41.6 Å². The fourth-order valence-electron chi connectivity index (χ4n) is 2.18. The molecular formula is C16H11ClN4O3S. The van der Waals surface area contributed by atoms with E-state index in [0.29, 0.717) is 5.03 Å². The van der Waals surface area contributed by atoms with Crippen molar-refractivity contribution in [1.29, 1.82) is 0 Å². The van der Waals surface area contributed by atoms with E-state index < -0.39 is 4.92 Å². The Bertz CT molecular complexity index is 962. The van der Waals surface area contributed by atoms with Gasteiger partial charge in [-0.15, -0.1) is 0 Å². The van der Waals surface area contributed by atoms with E-state index in [4.69, 9.17) is 11.6 Å². The number of thioether (sulfide) groups is 1. The van der Waals surface area contributed by atoms with Gasteiger partial charge in [0, 0.05) is 16.5 Å². The van der Waals surface area contributed by atoms with Crippen molar-refractivity contribution in [2.75, 3.05) is 11.1 Å². The Balaban J connectivity index is 1.72. The number of carbonyl (C=O) groups is 1. The number of benzene rings is 2. The summed E-state index contributed by atoms with van der Waals surface area (Å²) in [7, 11) is 0. The zero-order chi connectivity index (χ0) is 17.8. The molecule has 2 aromatic carbocycles. The molecule has 0 radical (unpaired) electrons. The Morgan fingerprint density at radius 2 is 2.04 bits per heavy atom. The topological polar surface area (TPSA) is 98.0 Å². The van der Waals surface area contributed by atoms with E-state index >= 15 is 0 Å². The predicted octanol–water partition coefficient (Wildman–Crippen LogP) is 3.92. The highest BCUT2D eigenvalue weighted by atomic mass is 35.5. The van der Waals surface area contributed by atoms with Gasteiger partial charge in [-0.05, 0) is 18.2 Å². The number of amides is 1. The van der Waals surface area contributed by atoms with Gasteiger partial charge in [0.25, 0.3) is 5.69 Å².